The zero-order valence-corrected chi connectivity index (χ0v) is 14.1. The van der Waals surface area contributed by atoms with Crippen molar-refractivity contribution in [3.63, 3.8) is 0 Å². The van der Waals surface area contributed by atoms with Gasteiger partial charge in [0.05, 0.1) is 6.61 Å². The van der Waals surface area contributed by atoms with Gasteiger partial charge in [-0.1, -0.05) is 26.0 Å². The summed E-state index contributed by atoms with van der Waals surface area (Å²) in [5, 5.41) is 0. The fraction of sp³-hybridized carbons (Fsp3) is 0.588. The number of carbonyl (C=O) groups is 1. The van der Waals surface area contributed by atoms with Crippen LogP contribution in [0.4, 0.5) is 13.6 Å². The maximum absolute atomic E-state index is 12.1. The Bertz CT molecular complexity index is 515. The van der Waals surface area contributed by atoms with Gasteiger partial charge in [0.15, 0.2) is 0 Å². The summed E-state index contributed by atoms with van der Waals surface area (Å²) in [6.45, 7) is 5.12. The number of alkyl halides is 2. The third-order valence-electron chi connectivity index (χ3n) is 3.73. The van der Waals surface area contributed by atoms with Gasteiger partial charge in [0, 0.05) is 32.7 Å². The Hall–Kier alpha value is -1.89. The zero-order valence-electron chi connectivity index (χ0n) is 14.1. The van der Waals surface area contributed by atoms with Crippen LogP contribution in [-0.4, -0.2) is 55.3 Å². The summed E-state index contributed by atoms with van der Waals surface area (Å²) in [4.78, 5) is 15.8. The van der Waals surface area contributed by atoms with Crippen LogP contribution in [0.5, 0.6) is 5.75 Å². The first-order chi connectivity index (χ1) is 11.4. The lowest BCUT2D eigenvalue weighted by molar-refractivity contribution is -0.0498. The van der Waals surface area contributed by atoms with Gasteiger partial charge < -0.3 is 14.4 Å². The first-order valence-corrected chi connectivity index (χ1v) is 8.12. The maximum atomic E-state index is 12.1. The van der Waals surface area contributed by atoms with E-state index in [9.17, 15) is 13.6 Å². The van der Waals surface area contributed by atoms with Crippen LogP contribution in [0.25, 0.3) is 0 Å². The summed E-state index contributed by atoms with van der Waals surface area (Å²) in [6, 6.07) is 6.64. The third-order valence-corrected chi connectivity index (χ3v) is 3.73. The van der Waals surface area contributed by atoms with Crippen LogP contribution in [-0.2, 0) is 11.3 Å². The number of amides is 1. The molecule has 1 heterocycles. The number of hydrogen-bond donors (Lipinski definition) is 0. The van der Waals surface area contributed by atoms with Gasteiger partial charge in [-0.25, -0.2) is 4.79 Å². The summed E-state index contributed by atoms with van der Waals surface area (Å²) in [7, 11) is 0. The van der Waals surface area contributed by atoms with Crippen LogP contribution in [0.15, 0.2) is 24.3 Å². The topological polar surface area (TPSA) is 42.0 Å². The smallest absolute Gasteiger partial charge is 0.409 e. The molecule has 2 rings (SSSR count). The van der Waals surface area contributed by atoms with Gasteiger partial charge in [-0.15, -0.1) is 0 Å². The Morgan fingerprint density at radius 2 is 1.75 bits per heavy atom. The molecule has 0 spiro atoms. The average molecular weight is 342 g/mol. The van der Waals surface area contributed by atoms with Gasteiger partial charge in [0.25, 0.3) is 0 Å². The van der Waals surface area contributed by atoms with Gasteiger partial charge >= 0.3 is 12.7 Å². The second-order valence-corrected chi connectivity index (χ2v) is 6.26. The van der Waals surface area contributed by atoms with Crippen molar-refractivity contribution in [2.75, 3.05) is 32.8 Å². The van der Waals surface area contributed by atoms with Crippen LogP contribution in [0.3, 0.4) is 0 Å². The van der Waals surface area contributed by atoms with Crippen molar-refractivity contribution in [1.82, 2.24) is 9.80 Å². The summed E-state index contributed by atoms with van der Waals surface area (Å²) >= 11 is 0. The summed E-state index contributed by atoms with van der Waals surface area (Å²) in [5.41, 5.74) is 1.02. The molecule has 24 heavy (non-hydrogen) atoms. The van der Waals surface area contributed by atoms with E-state index in [-0.39, 0.29) is 11.8 Å². The molecule has 0 atom stereocenters. The van der Waals surface area contributed by atoms with Crippen LogP contribution in [0, 0.1) is 5.92 Å². The van der Waals surface area contributed by atoms with Crippen molar-refractivity contribution in [3.05, 3.63) is 29.8 Å². The number of benzene rings is 1. The van der Waals surface area contributed by atoms with Gasteiger partial charge in [0.2, 0.25) is 0 Å². The van der Waals surface area contributed by atoms with E-state index in [4.69, 9.17) is 4.74 Å². The normalized spacial score (nSPS) is 15.8. The molecule has 0 unspecified atom stereocenters. The van der Waals surface area contributed by atoms with E-state index < -0.39 is 6.61 Å². The number of ether oxygens (including phenoxy) is 2. The second kappa shape index (κ2) is 8.82. The predicted octanol–water partition coefficient (Wildman–Crippen LogP) is 3.20. The Morgan fingerprint density at radius 3 is 2.29 bits per heavy atom. The molecule has 1 aromatic rings. The molecule has 1 aliphatic heterocycles. The average Bonchev–Trinajstić information content (AvgIpc) is 2.54. The molecule has 7 heteroatoms. The second-order valence-electron chi connectivity index (χ2n) is 6.26. The minimum absolute atomic E-state index is 0.159. The number of halogens is 2. The van der Waals surface area contributed by atoms with E-state index in [1.807, 2.05) is 13.8 Å². The minimum atomic E-state index is -2.81. The monoisotopic (exact) mass is 342 g/mol. The molecule has 0 N–H and O–H groups in total. The van der Waals surface area contributed by atoms with Crippen LogP contribution in [0.2, 0.25) is 0 Å². The highest BCUT2D eigenvalue weighted by Crippen LogP contribution is 2.16. The Balaban J connectivity index is 1.75. The van der Waals surface area contributed by atoms with Crippen molar-refractivity contribution in [2.24, 2.45) is 5.92 Å². The molecule has 1 aliphatic rings. The Morgan fingerprint density at radius 1 is 1.12 bits per heavy atom. The third kappa shape index (κ3) is 5.96. The lowest BCUT2D eigenvalue weighted by Crippen LogP contribution is -2.48. The molecule has 134 valence electrons. The van der Waals surface area contributed by atoms with E-state index >= 15 is 0 Å². The van der Waals surface area contributed by atoms with Gasteiger partial charge in [-0.05, 0) is 23.6 Å². The summed E-state index contributed by atoms with van der Waals surface area (Å²) in [5.74, 6) is 0.485. The highest BCUT2D eigenvalue weighted by Gasteiger charge is 2.22. The number of hydrogen-bond acceptors (Lipinski definition) is 4. The Labute approximate surface area is 141 Å². The van der Waals surface area contributed by atoms with Gasteiger partial charge in [0.1, 0.15) is 5.75 Å². The molecule has 0 radical (unpaired) electrons. The molecule has 0 aromatic heterocycles. The lowest BCUT2D eigenvalue weighted by Gasteiger charge is -2.34. The van der Waals surface area contributed by atoms with Crippen LogP contribution >= 0.6 is 0 Å². The molecule has 1 fully saturated rings. The fourth-order valence-electron chi connectivity index (χ4n) is 2.45. The van der Waals surface area contributed by atoms with Crippen LogP contribution < -0.4 is 4.74 Å². The number of nitrogens with zero attached hydrogens (tertiary/aromatic N) is 2. The van der Waals surface area contributed by atoms with Crippen molar-refractivity contribution >= 4 is 6.09 Å². The van der Waals surface area contributed by atoms with E-state index in [1.54, 1.807) is 29.2 Å². The van der Waals surface area contributed by atoms with Crippen molar-refractivity contribution in [3.8, 4) is 5.75 Å². The maximum Gasteiger partial charge on any atom is 0.409 e. The molecule has 1 aromatic carbocycles. The van der Waals surface area contributed by atoms with E-state index in [2.05, 4.69) is 9.64 Å². The number of piperazine rings is 1. The summed E-state index contributed by atoms with van der Waals surface area (Å²) < 4.78 is 33.8. The van der Waals surface area contributed by atoms with E-state index in [0.717, 1.165) is 18.7 Å². The Kier molecular flexibility index (Phi) is 6.78. The SMILES string of the molecule is CC(C)COC(=O)N1CCN(Cc2ccc(OC(F)F)cc2)CC1. The largest absolute Gasteiger partial charge is 0.449 e. The molecule has 1 saturated heterocycles. The lowest BCUT2D eigenvalue weighted by atomic mass is 10.2. The summed E-state index contributed by atoms with van der Waals surface area (Å²) in [6.07, 6.45) is -0.253. The molecular weight excluding hydrogens is 318 g/mol. The minimum Gasteiger partial charge on any atom is -0.449 e. The zero-order chi connectivity index (χ0) is 17.5. The fourth-order valence-corrected chi connectivity index (χ4v) is 2.45. The molecule has 1 amide bonds. The van der Waals surface area contributed by atoms with Gasteiger partial charge in [-0.2, -0.15) is 8.78 Å². The molecular formula is C17H24F2N2O3. The van der Waals surface area contributed by atoms with Gasteiger partial charge in [-0.3, -0.25) is 4.90 Å². The highest BCUT2D eigenvalue weighted by molar-refractivity contribution is 5.67. The molecule has 0 aliphatic carbocycles. The first kappa shape index (κ1) is 18.4. The highest BCUT2D eigenvalue weighted by atomic mass is 19.3. The van der Waals surface area contributed by atoms with Crippen molar-refractivity contribution in [2.45, 2.75) is 27.0 Å². The standard InChI is InChI=1S/C17H24F2N2O3/c1-13(2)12-23-17(22)21-9-7-20(8-10-21)11-14-3-5-15(6-4-14)24-16(18)19/h3-6,13,16H,7-12H2,1-2H3. The molecule has 0 saturated carbocycles. The number of carbonyl (C=O) groups excluding carboxylic acids is 1. The van der Waals surface area contributed by atoms with E-state index in [1.165, 1.54) is 0 Å². The number of rotatable bonds is 6. The first-order valence-electron chi connectivity index (χ1n) is 8.12. The van der Waals surface area contributed by atoms with E-state index in [0.29, 0.717) is 32.2 Å². The molecule has 0 bridgehead atoms. The van der Waals surface area contributed by atoms with Crippen LogP contribution in [0.1, 0.15) is 19.4 Å². The molecule has 5 nitrogen and oxygen atoms in total. The predicted molar refractivity (Wildman–Crippen MR) is 86.1 cm³/mol. The van der Waals surface area contributed by atoms with Crippen molar-refractivity contribution in [1.29, 1.82) is 0 Å². The quantitative estimate of drug-likeness (QED) is 0.796. The van der Waals surface area contributed by atoms with Crippen molar-refractivity contribution < 1.29 is 23.0 Å².